The van der Waals surface area contributed by atoms with Crippen molar-refractivity contribution in [2.75, 3.05) is 0 Å². The number of nitriles is 3. The molecule has 9 heterocycles. The van der Waals surface area contributed by atoms with E-state index < -0.39 is 0 Å². The molecule has 18 aromatic carbocycles. The SMILES string of the molecule is N#Cc1ccc(-c2ccccc2-c2cc(-n3c4ccccc4c4ccccc43)cc(-n3c4ccccc4c4cccnc43)c2)cc1.N#Cc1cccc(-c2ccccc2-c2cc(-n3c4ccccc4c4ccccc43)cc(-n3c4ccccc4c4cccnc43)c2)c1.N#Cc1ccccc1-c1ccccc1-c1cc(-n2c3ccccc3c3ccccc32)cc(-n2c3ccccc3c3cccnc32)c1. The molecule has 0 aliphatic heterocycles. The van der Waals surface area contributed by atoms with E-state index in [1.54, 1.807) is 0 Å². The van der Waals surface area contributed by atoms with Gasteiger partial charge in [0.05, 0.1) is 102 Å². The molecule has 0 atom stereocenters. The van der Waals surface area contributed by atoms with Crippen molar-refractivity contribution >= 4 is 131 Å². The van der Waals surface area contributed by atoms with Crippen LogP contribution in [0.4, 0.5) is 0 Å². The van der Waals surface area contributed by atoms with Gasteiger partial charge in [0.25, 0.3) is 0 Å². The molecule has 12 nitrogen and oxygen atoms in total. The predicted octanol–water partition coefficient (Wildman–Crippen LogP) is 31.4. The Labute approximate surface area is 793 Å². The zero-order valence-corrected chi connectivity index (χ0v) is 74.4. The average Bonchev–Trinajstić information content (AvgIpc) is 1.58. The molecule has 0 aliphatic rings. The van der Waals surface area contributed by atoms with Crippen LogP contribution in [0.15, 0.2) is 474 Å². The molecular weight excluding hydrogens is 1680 g/mol. The topological polar surface area (TPSA) is 140 Å². The number of rotatable bonds is 12. The number of hydrogen-bond acceptors (Lipinski definition) is 6. The first-order chi connectivity index (χ1) is 68.4. The molecule has 642 valence electrons. The second-order valence-corrected chi connectivity index (χ2v) is 34.7. The predicted molar refractivity (Wildman–Crippen MR) is 566 cm³/mol. The van der Waals surface area contributed by atoms with Crippen molar-refractivity contribution in [1.29, 1.82) is 15.8 Å². The monoisotopic (exact) mass is 1760 g/mol. The largest absolute Gasteiger partial charge is 0.309 e. The van der Waals surface area contributed by atoms with Crippen molar-refractivity contribution in [3.05, 3.63) is 490 Å². The third-order valence-electron chi connectivity index (χ3n) is 27.0. The van der Waals surface area contributed by atoms with Crippen molar-refractivity contribution in [2.24, 2.45) is 0 Å². The lowest BCUT2D eigenvalue weighted by Gasteiger charge is -2.17. The van der Waals surface area contributed by atoms with Gasteiger partial charge in [-0.2, -0.15) is 15.8 Å². The first-order valence-electron chi connectivity index (χ1n) is 46.1. The third-order valence-corrected chi connectivity index (χ3v) is 27.0. The molecule has 138 heavy (non-hydrogen) atoms. The van der Waals surface area contributed by atoms with E-state index in [-0.39, 0.29) is 0 Å². The highest BCUT2D eigenvalue weighted by Gasteiger charge is 2.26. The Morgan fingerprint density at radius 3 is 0.725 bits per heavy atom. The number of benzene rings is 18. The normalized spacial score (nSPS) is 11.5. The lowest BCUT2D eigenvalue weighted by Crippen LogP contribution is -2.01. The van der Waals surface area contributed by atoms with E-state index in [1.165, 1.54) is 43.1 Å². The van der Waals surface area contributed by atoms with Crippen LogP contribution in [-0.4, -0.2) is 42.4 Å². The fourth-order valence-electron chi connectivity index (χ4n) is 21.0. The fourth-order valence-corrected chi connectivity index (χ4v) is 21.0. The molecule has 0 amide bonds. The van der Waals surface area contributed by atoms with Crippen LogP contribution in [0.2, 0.25) is 0 Å². The van der Waals surface area contributed by atoms with Crippen LogP contribution in [0.5, 0.6) is 0 Å². The lowest BCUT2D eigenvalue weighted by atomic mass is 9.91. The van der Waals surface area contributed by atoms with E-state index in [9.17, 15) is 15.8 Å². The third kappa shape index (κ3) is 13.6. The van der Waals surface area contributed by atoms with Gasteiger partial charge in [0.1, 0.15) is 16.9 Å². The van der Waals surface area contributed by atoms with E-state index in [4.69, 9.17) is 15.0 Å². The maximum atomic E-state index is 10.0. The standard InChI is InChI=1S/3C42H26N4/c43-27-28-11-9-12-29(23-28)33-13-1-2-14-34(33)30-24-31(45-39-19-6-3-15-35(39)36-16-4-7-20-40(36)45)26-32(25-30)46-41-21-8-5-17-37(41)38-18-10-22-44-42(38)46;43-27-28-19-21-29(22-20-28)33-10-1-2-11-34(33)30-24-31(45-39-16-6-3-12-35(39)36-13-4-7-17-40(36)45)26-32(25-30)46-41-18-8-5-14-37(41)38-15-9-23-44-42(38)46;43-27-28-12-1-2-13-32(28)34-15-4-3-14-33(34)29-24-30(45-39-20-8-5-16-35(39)36-17-6-9-21-40(36)45)26-31(25-29)46-41-22-10-7-18-37(41)38-19-11-23-44-42(38)46/h3*1-26H. The smallest absolute Gasteiger partial charge is 0.145 e. The van der Waals surface area contributed by atoms with Gasteiger partial charge in [-0.1, -0.05) is 279 Å². The van der Waals surface area contributed by atoms with E-state index in [1.807, 2.05) is 110 Å². The summed E-state index contributed by atoms with van der Waals surface area (Å²) in [5, 5.41) is 43.3. The summed E-state index contributed by atoms with van der Waals surface area (Å²) >= 11 is 0. The molecule has 27 rings (SSSR count). The molecule has 0 unspecified atom stereocenters. The van der Waals surface area contributed by atoms with Gasteiger partial charge < -0.3 is 13.7 Å². The Hall–Kier alpha value is -19.3. The summed E-state index contributed by atoms with van der Waals surface area (Å²) in [5.74, 6) is 0. The van der Waals surface area contributed by atoms with Crippen LogP contribution in [0.25, 0.3) is 232 Å². The molecule has 9 aromatic heterocycles. The van der Waals surface area contributed by atoms with Crippen molar-refractivity contribution in [2.45, 2.75) is 0 Å². The number of pyridine rings is 3. The van der Waals surface area contributed by atoms with Gasteiger partial charge in [-0.15, -0.1) is 0 Å². The van der Waals surface area contributed by atoms with Gasteiger partial charge >= 0.3 is 0 Å². The molecule has 0 spiro atoms. The second-order valence-electron chi connectivity index (χ2n) is 34.7. The van der Waals surface area contributed by atoms with Gasteiger partial charge in [-0.3, -0.25) is 13.7 Å². The van der Waals surface area contributed by atoms with E-state index in [0.29, 0.717) is 16.7 Å². The Morgan fingerprint density at radius 2 is 0.406 bits per heavy atom. The zero-order chi connectivity index (χ0) is 91.8. The first kappa shape index (κ1) is 80.7. The summed E-state index contributed by atoms with van der Waals surface area (Å²) in [6, 6.07) is 166. The average molecular weight is 1760 g/mol. The van der Waals surface area contributed by atoms with E-state index >= 15 is 0 Å². The van der Waals surface area contributed by atoms with Crippen molar-refractivity contribution in [3.8, 4) is 119 Å². The molecule has 0 N–H and O–H groups in total. The number of aromatic nitrogens is 9. The minimum atomic E-state index is 0.642. The minimum Gasteiger partial charge on any atom is -0.309 e. The molecule has 27 aromatic rings. The molecule has 0 fully saturated rings. The van der Waals surface area contributed by atoms with Crippen LogP contribution >= 0.6 is 0 Å². The summed E-state index contributed by atoms with van der Waals surface area (Å²) in [6.45, 7) is 0. The summed E-state index contributed by atoms with van der Waals surface area (Å²) in [7, 11) is 0. The lowest BCUT2D eigenvalue weighted by molar-refractivity contribution is 1.11. The number of fused-ring (bicyclic) bond motifs is 18. The highest BCUT2D eigenvalue weighted by atomic mass is 15.1. The maximum Gasteiger partial charge on any atom is 0.145 e. The number of para-hydroxylation sites is 9. The highest BCUT2D eigenvalue weighted by molar-refractivity contribution is 6.15. The molecule has 12 heteroatoms. The number of nitrogens with zero attached hydrogens (tertiary/aromatic N) is 12. The van der Waals surface area contributed by atoms with Crippen LogP contribution in [0, 0.1) is 34.0 Å². The Bertz CT molecular complexity index is 9040. The zero-order valence-electron chi connectivity index (χ0n) is 74.4. The summed E-state index contributed by atoms with van der Waals surface area (Å²) < 4.78 is 14.0. The Balaban J connectivity index is 0.000000110. The molecule has 0 bridgehead atoms. The molecular formula is C126H78N12. The van der Waals surface area contributed by atoms with Gasteiger partial charge in [0.2, 0.25) is 0 Å². The highest BCUT2D eigenvalue weighted by Crippen LogP contribution is 2.46. The second kappa shape index (κ2) is 33.8. The molecule has 0 radical (unpaired) electrons. The van der Waals surface area contributed by atoms with Crippen LogP contribution in [-0.2, 0) is 0 Å². The quantitative estimate of drug-likeness (QED) is 0.119. The summed E-state index contributed by atoms with van der Waals surface area (Å²) in [4.78, 5) is 14.7. The Morgan fingerprint density at radius 1 is 0.159 bits per heavy atom. The molecule has 0 aliphatic carbocycles. The van der Waals surface area contributed by atoms with Gasteiger partial charge in [-0.05, 0) is 237 Å². The minimum absolute atomic E-state index is 0.642. The van der Waals surface area contributed by atoms with Crippen molar-refractivity contribution in [1.82, 2.24) is 42.4 Å². The number of hydrogen-bond donors (Lipinski definition) is 0. The molecule has 0 saturated heterocycles. The fraction of sp³-hybridized carbons (Fsp3) is 0. The Kier molecular flexibility index (Phi) is 19.8. The molecule has 0 saturated carbocycles. The van der Waals surface area contributed by atoms with Crippen LogP contribution < -0.4 is 0 Å². The first-order valence-corrected chi connectivity index (χ1v) is 46.1. The van der Waals surface area contributed by atoms with Gasteiger partial charge in [-0.25, -0.2) is 15.0 Å². The maximum absolute atomic E-state index is 10.0. The summed E-state index contributed by atoms with van der Waals surface area (Å²) in [5.41, 5.74) is 33.9. The summed E-state index contributed by atoms with van der Waals surface area (Å²) in [6.07, 6.45) is 5.60. The van der Waals surface area contributed by atoms with Crippen molar-refractivity contribution < 1.29 is 0 Å². The van der Waals surface area contributed by atoms with Crippen LogP contribution in [0.1, 0.15) is 16.7 Å². The van der Waals surface area contributed by atoms with Gasteiger partial charge in [0.15, 0.2) is 0 Å². The van der Waals surface area contributed by atoms with E-state index in [0.717, 1.165) is 189 Å². The van der Waals surface area contributed by atoms with Gasteiger partial charge in [0, 0.05) is 106 Å². The van der Waals surface area contributed by atoms with Crippen molar-refractivity contribution in [3.63, 3.8) is 0 Å². The van der Waals surface area contributed by atoms with E-state index in [2.05, 4.69) is 410 Å². The van der Waals surface area contributed by atoms with Crippen LogP contribution in [0.3, 0.4) is 0 Å².